The average Bonchev–Trinajstić information content (AvgIpc) is 3.39. The number of piperidine rings is 1. The van der Waals surface area contributed by atoms with E-state index < -0.39 is 5.97 Å². The van der Waals surface area contributed by atoms with Crippen LogP contribution >= 0.6 is 23.4 Å². The zero-order chi connectivity index (χ0) is 30.1. The number of hydrogen-bond acceptors (Lipinski definition) is 7. The summed E-state index contributed by atoms with van der Waals surface area (Å²) < 4.78 is 8.43. The summed E-state index contributed by atoms with van der Waals surface area (Å²) in [5.41, 5.74) is 3.10. The molecule has 9 unspecified atom stereocenters. The van der Waals surface area contributed by atoms with Crippen molar-refractivity contribution in [3.8, 4) is 0 Å². The molecule has 4 aliphatic rings. The van der Waals surface area contributed by atoms with Gasteiger partial charge < -0.3 is 15.2 Å². The minimum Gasteiger partial charge on any atom is -0.481 e. The van der Waals surface area contributed by atoms with E-state index >= 15 is 0 Å². The fourth-order valence-electron chi connectivity index (χ4n) is 7.95. The Kier molecular flexibility index (Phi) is 10.5. The first-order valence-corrected chi connectivity index (χ1v) is 17.4. The van der Waals surface area contributed by atoms with Crippen LogP contribution in [-0.4, -0.2) is 86.3 Å². The van der Waals surface area contributed by atoms with Crippen LogP contribution in [0.25, 0.3) is 0 Å². The number of likely N-dealkylation sites (N-methyl/N-ethyl adjacent to an activating group) is 1. The van der Waals surface area contributed by atoms with Gasteiger partial charge in [-0.15, -0.1) is 11.6 Å². The van der Waals surface area contributed by atoms with E-state index in [0.717, 1.165) is 75.0 Å². The fraction of sp³-hybridized carbons (Fsp3) is 0.781. The number of aromatic nitrogens is 2. The Bertz CT molecular complexity index is 1210. The normalized spacial score (nSPS) is 34.7. The van der Waals surface area contributed by atoms with Crippen molar-refractivity contribution in [3.05, 3.63) is 39.6 Å². The Morgan fingerprint density at radius 3 is 2.81 bits per heavy atom. The summed E-state index contributed by atoms with van der Waals surface area (Å²) in [6, 6.07) is 0.571. The van der Waals surface area contributed by atoms with E-state index in [1.54, 1.807) is 4.57 Å². The van der Waals surface area contributed by atoms with Crippen molar-refractivity contribution >= 4 is 29.3 Å². The molecule has 0 amide bonds. The van der Waals surface area contributed by atoms with E-state index in [2.05, 4.69) is 37.7 Å². The average molecular weight is 621 g/mol. The Morgan fingerprint density at radius 2 is 2.07 bits per heavy atom. The van der Waals surface area contributed by atoms with Gasteiger partial charge in [0.1, 0.15) is 5.82 Å². The fourth-order valence-corrected chi connectivity index (χ4v) is 10.1. The maximum atomic E-state index is 13.7. The third kappa shape index (κ3) is 6.80. The van der Waals surface area contributed by atoms with Crippen molar-refractivity contribution in [1.82, 2.24) is 19.8 Å². The Balaban J connectivity index is 1.26. The molecule has 42 heavy (non-hydrogen) atoms. The first-order valence-electron chi connectivity index (χ1n) is 15.9. The minimum absolute atomic E-state index is 0.0108. The van der Waals surface area contributed by atoms with Crippen molar-refractivity contribution in [1.29, 1.82) is 0 Å². The smallest absolute Gasteiger partial charge is 0.308 e. The number of alkyl halides is 1. The first kappa shape index (κ1) is 32.0. The summed E-state index contributed by atoms with van der Waals surface area (Å²) in [5, 5.41) is 13.8. The second kappa shape index (κ2) is 13.7. The zero-order valence-electron chi connectivity index (χ0n) is 25.7. The largest absolute Gasteiger partial charge is 0.481 e. The molecular weight excluding hydrogens is 572 g/mol. The van der Waals surface area contributed by atoms with Gasteiger partial charge in [-0.1, -0.05) is 19.1 Å². The van der Waals surface area contributed by atoms with Crippen molar-refractivity contribution < 1.29 is 14.6 Å². The van der Waals surface area contributed by atoms with Crippen LogP contribution in [0.1, 0.15) is 69.5 Å². The molecule has 9 atom stereocenters. The Labute approximate surface area is 260 Å². The molecule has 5 rings (SSSR count). The Morgan fingerprint density at radius 1 is 1.29 bits per heavy atom. The number of nitrogens with zero attached hydrogens (tertiary/aromatic N) is 3. The van der Waals surface area contributed by atoms with E-state index in [4.69, 9.17) is 21.3 Å². The first-order chi connectivity index (χ1) is 20.1. The van der Waals surface area contributed by atoms with Crippen LogP contribution in [0.4, 0.5) is 0 Å². The molecule has 1 aromatic heterocycles. The number of ether oxygens (including phenoxy) is 1. The summed E-state index contributed by atoms with van der Waals surface area (Å²) in [6.07, 6.45) is 7.30. The summed E-state index contributed by atoms with van der Waals surface area (Å²) in [4.78, 5) is 32.9. The molecule has 2 N–H and O–H groups in total. The molecule has 234 valence electrons. The lowest BCUT2D eigenvalue weighted by Crippen LogP contribution is -2.57. The van der Waals surface area contributed by atoms with Gasteiger partial charge in [0.2, 0.25) is 0 Å². The number of nitrogens with one attached hydrogen (secondary N) is 1. The van der Waals surface area contributed by atoms with Gasteiger partial charge in [-0.3, -0.25) is 19.1 Å². The highest BCUT2D eigenvalue weighted by atomic mass is 35.5. The number of aliphatic carboxylic acids is 1. The lowest BCUT2D eigenvalue weighted by atomic mass is 9.70. The van der Waals surface area contributed by atoms with Crippen LogP contribution in [0.5, 0.6) is 0 Å². The highest BCUT2D eigenvalue weighted by Crippen LogP contribution is 2.48. The molecule has 3 fully saturated rings. The van der Waals surface area contributed by atoms with Gasteiger partial charge in [0, 0.05) is 46.6 Å². The van der Waals surface area contributed by atoms with Crippen LogP contribution in [0.3, 0.4) is 0 Å². The zero-order valence-corrected chi connectivity index (χ0v) is 27.3. The monoisotopic (exact) mass is 620 g/mol. The van der Waals surface area contributed by atoms with Crippen LogP contribution in [0.15, 0.2) is 16.9 Å². The standard InChI is InChI=1S/C32H49ClN4O4S/c1-6-18(2)16-36(5)22-8-9-27-25(15-22)31(38)37(20(4)35-27)11-12-41-28-10-7-21(33)14-23(28)24-13-19(3)34-29-26(32(39)40)17-42-30(24)29/h19,21-24,26,28-30,34H,2,6-17H2,1,3-5H3,(H,39,40). The lowest BCUT2D eigenvalue weighted by molar-refractivity contribution is -0.142. The molecular formula is C32H49ClN4O4S. The number of aryl methyl sites for hydroxylation is 2. The van der Waals surface area contributed by atoms with E-state index in [-0.39, 0.29) is 46.2 Å². The van der Waals surface area contributed by atoms with Crippen LogP contribution in [0, 0.1) is 24.7 Å². The van der Waals surface area contributed by atoms with Crippen molar-refractivity contribution in [2.24, 2.45) is 17.8 Å². The Hall–Kier alpha value is -1.39. The molecule has 8 nitrogen and oxygen atoms in total. The number of halogens is 1. The predicted molar refractivity (Wildman–Crippen MR) is 170 cm³/mol. The predicted octanol–water partition coefficient (Wildman–Crippen LogP) is 4.28. The SMILES string of the molecule is C=C(CC)CN(C)C1CCc2nc(C)n(CCOC3CCC(Cl)CC3C3CC(C)NC4C(C(=O)O)CSC34)c(=O)c2C1. The number of thioether (sulfide) groups is 1. The van der Waals surface area contributed by atoms with Gasteiger partial charge in [0.25, 0.3) is 5.56 Å². The third-order valence-electron chi connectivity index (χ3n) is 10.4. The van der Waals surface area contributed by atoms with Crippen molar-refractivity contribution in [2.45, 2.75) is 114 Å². The van der Waals surface area contributed by atoms with Gasteiger partial charge in [-0.05, 0) is 84.1 Å². The van der Waals surface area contributed by atoms with Gasteiger partial charge in [0.15, 0.2) is 0 Å². The highest BCUT2D eigenvalue weighted by Gasteiger charge is 2.51. The molecule has 10 heteroatoms. The summed E-state index contributed by atoms with van der Waals surface area (Å²) >= 11 is 8.54. The van der Waals surface area contributed by atoms with E-state index in [0.29, 0.717) is 30.9 Å². The summed E-state index contributed by atoms with van der Waals surface area (Å²) in [7, 11) is 2.13. The molecule has 2 saturated heterocycles. The lowest BCUT2D eigenvalue weighted by Gasteiger charge is -2.47. The van der Waals surface area contributed by atoms with Crippen LogP contribution < -0.4 is 10.9 Å². The molecule has 1 aromatic rings. The van der Waals surface area contributed by atoms with E-state index in [1.807, 2.05) is 18.7 Å². The molecule has 2 aliphatic carbocycles. The van der Waals surface area contributed by atoms with Gasteiger partial charge in [-0.25, -0.2) is 4.98 Å². The molecule has 0 radical (unpaired) electrons. The highest BCUT2D eigenvalue weighted by molar-refractivity contribution is 8.00. The van der Waals surface area contributed by atoms with Crippen LogP contribution in [-0.2, 0) is 28.9 Å². The quantitative estimate of drug-likeness (QED) is 0.296. The maximum absolute atomic E-state index is 13.7. The molecule has 0 spiro atoms. The van der Waals surface area contributed by atoms with Gasteiger partial charge >= 0.3 is 5.97 Å². The molecule has 1 saturated carbocycles. The minimum atomic E-state index is -0.703. The number of carboxylic acids is 1. The molecule has 3 heterocycles. The van der Waals surface area contributed by atoms with E-state index in [1.165, 1.54) is 5.57 Å². The second-order valence-electron chi connectivity index (χ2n) is 13.2. The summed E-state index contributed by atoms with van der Waals surface area (Å²) in [5.74, 6) is 1.00. The van der Waals surface area contributed by atoms with Gasteiger partial charge in [0.05, 0.1) is 30.9 Å². The molecule has 2 aliphatic heterocycles. The van der Waals surface area contributed by atoms with Crippen LogP contribution in [0.2, 0.25) is 0 Å². The molecule has 0 aromatic carbocycles. The third-order valence-corrected chi connectivity index (χ3v) is 12.3. The maximum Gasteiger partial charge on any atom is 0.308 e. The van der Waals surface area contributed by atoms with Gasteiger partial charge in [-0.2, -0.15) is 11.8 Å². The van der Waals surface area contributed by atoms with Crippen molar-refractivity contribution in [2.75, 3.05) is 26.0 Å². The molecule has 0 bridgehead atoms. The summed E-state index contributed by atoms with van der Waals surface area (Å²) in [6.45, 7) is 12.2. The number of hydrogen-bond donors (Lipinski definition) is 2. The topological polar surface area (TPSA) is 96.7 Å². The second-order valence-corrected chi connectivity index (χ2v) is 15.0. The number of fused-ring (bicyclic) bond motifs is 2. The number of carbonyl (C=O) groups is 1. The number of rotatable bonds is 10. The van der Waals surface area contributed by atoms with E-state index in [9.17, 15) is 14.7 Å². The van der Waals surface area contributed by atoms with Crippen molar-refractivity contribution in [3.63, 3.8) is 0 Å². The number of carboxylic acid groups (broad SMARTS) is 1.